The van der Waals surface area contributed by atoms with Crippen molar-refractivity contribution in [3.63, 3.8) is 0 Å². The number of rotatable bonds is 9. The van der Waals surface area contributed by atoms with Crippen LogP contribution in [0.25, 0.3) is 0 Å². The maximum absolute atomic E-state index is 12.1. The van der Waals surface area contributed by atoms with Crippen LogP contribution in [-0.4, -0.2) is 17.8 Å². The van der Waals surface area contributed by atoms with Gasteiger partial charge in [-0.2, -0.15) is 0 Å². The van der Waals surface area contributed by atoms with Crippen LogP contribution in [0.4, 0.5) is 5.69 Å². The highest BCUT2D eigenvalue weighted by atomic mass is 16.4. The fraction of sp³-hybridized carbons (Fsp3) is 0.500. The molecule has 0 heterocycles. The summed E-state index contributed by atoms with van der Waals surface area (Å²) in [5, 5.41) is 24.6. The summed E-state index contributed by atoms with van der Waals surface area (Å²) in [6.45, 7) is 5.75. The molecule has 6 heteroatoms. The lowest BCUT2D eigenvalue weighted by Crippen LogP contribution is -2.36. The first-order chi connectivity index (χ1) is 11.2. The standard InChI is InChI=1S/C18H25NO5/c1-11(2)4-9-15(18(23)24)12(3)10-16(20)19-14-7-5-13(6-8-14)17(21)22/h5-8,11-12,15H,4,9-10H2,1-3H3,(H,19,20)(H,21,22)(H,23,24)/p-2/t12-,15-/m0/s1. The van der Waals surface area contributed by atoms with Crippen LogP contribution in [0.1, 0.15) is 50.4 Å². The average molecular weight is 333 g/mol. The number of carbonyl (C=O) groups is 3. The second-order valence-electron chi connectivity index (χ2n) is 6.49. The van der Waals surface area contributed by atoms with E-state index in [9.17, 15) is 24.6 Å². The van der Waals surface area contributed by atoms with Crippen molar-refractivity contribution in [2.45, 2.75) is 40.0 Å². The van der Waals surface area contributed by atoms with Crippen molar-refractivity contribution in [3.05, 3.63) is 29.8 Å². The molecular formula is C18H23NO5-2. The monoisotopic (exact) mass is 333 g/mol. The van der Waals surface area contributed by atoms with Gasteiger partial charge < -0.3 is 25.1 Å². The third-order valence-electron chi connectivity index (χ3n) is 3.96. The van der Waals surface area contributed by atoms with E-state index in [1.165, 1.54) is 24.3 Å². The number of aliphatic carboxylic acids is 1. The Morgan fingerprint density at radius 1 is 1.00 bits per heavy atom. The van der Waals surface area contributed by atoms with E-state index in [0.29, 0.717) is 18.0 Å². The normalized spacial score (nSPS) is 13.3. The molecule has 0 unspecified atom stereocenters. The van der Waals surface area contributed by atoms with Gasteiger partial charge in [-0.1, -0.05) is 39.3 Å². The first-order valence-electron chi connectivity index (χ1n) is 8.02. The lowest BCUT2D eigenvalue weighted by Gasteiger charge is -2.25. The third-order valence-corrected chi connectivity index (χ3v) is 3.96. The lowest BCUT2D eigenvalue weighted by molar-refractivity contribution is -0.313. The van der Waals surface area contributed by atoms with Gasteiger partial charge >= 0.3 is 0 Å². The van der Waals surface area contributed by atoms with Gasteiger partial charge in [0.25, 0.3) is 0 Å². The fourth-order valence-electron chi connectivity index (χ4n) is 2.48. The summed E-state index contributed by atoms with van der Waals surface area (Å²) < 4.78 is 0. The summed E-state index contributed by atoms with van der Waals surface area (Å²) in [4.78, 5) is 34.0. The molecule has 0 radical (unpaired) electrons. The molecule has 0 aliphatic heterocycles. The molecule has 1 aromatic rings. The zero-order chi connectivity index (χ0) is 18.3. The summed E-state index contributed by atoms with van der Waals surface area (Å²) in [7, 11) is 0. The number of carbonyl (C=O) groups excluding carboxylic acids is 3. The van der Waals surface area contributed by atoms with Gasteiger partial charge in [0.2, 0.25) is 5.91 Å². The second kappa shape index (κ2) is 9.05. The smallest absolute Gasteiger partial charge is 0.224 e. The van der Waals surface area contributed by atoms with Crippen LogP contribution in [0.15, 0.2) is 24.3 Å². The largest absolute Gasteiger partial charge is 0.550 e. The van der Waals surface area contributed by atoms with Crippen LogP contribution >= 0.6 is 0 Å². The fourth-order valence-corrected chi connectivity index (χ4v) is 2.48. The van der Waals surface area contributed by atoms with Crippen molar-refractivity contribution >= 4 is 23.5 Å². The molecule has 2 atom stereocenters. The van der Waals surface area contributed by atoms with E-state index in [1.807, 2.05) is 13.8 Å². The van der Waals surface area contributed by atoms with E-state index in [0.717, 1.165) is 6.42 Å². The maximum Gasteiger partial charge on any atom is 0.224 e. The molecule has 0 aliphatic rings. The number of anilines is 1. The number of benzene rings is 1. The minimum atomic E-state index is -1.29. The Morgan fingerprint density at radius 3 is 2.04 bits per heavy atom. The van der Waals surface area contributed by atoms with E-state index in [4.69, 9.17) is 0 Å². The summed E-state index contributed by atoms with van der Waals surface area (Å²) in [6, 6.07) is 5.59. The van der Waals surface area contributed by atoms with Crippen molar-refractivity contribution in [1.29, 1.82) is 0 Å². The molecule has 0 bridgehead atoms. The topological polar surface area (TPSA) is 109 Å². The van der Waals surface area contributed by atoms with Gasteiger partial charge in [0.15, 0.2) is 0 Å². The van der Waals surface area contributed by atoms with Crippen LogP contribution < -0.4 is 15.5 Å². The number of amides is 1. The number of carboxylic acids is 2. The highest BCUT2D eigenvalue weighted by Crippen LogP contribution is 2.23. The Labute approximate surface area is 141 Å². The van der Waals surface area contributed by atoms with Crippen LogP contribution in [-0.2, 0) is 9.59 Å². The van der Waals surface area contributed by atoms with E-state index in [-0.39, 0.29) is 23.8 Å². The molecule has 6 nitrogen and oxygen atoms in total. The molecule has 1 rings (SSSR count). The molecule has 1 N–H and O–H groups in total. The Kier molecular flexibility index (Phi) is 7.42. The molecule has 132 valence electrons. The highest BCUT2D eigenvalue weighted by molar-refractivity contribution is 5.92. The minimum Gasteiger partial charge on any atom is -0.550 e. The van der Waals surface area contributed by atoms with E-state index >= 15 is 0 Å². The van der Waals surface area contributed by atoms with Gasteiger partial charge in [0.1, 0.15) is 0 Å². The maximum atomic E-state index is 12.1. The van der Waals surface area contributed by atoms with Gasteiger partial charge in [-0.25, -0.2) is 0 Å². The van der Waals surface area contributed by atoms with Gasteiger partial charge in [-0.3, -0.25) is 4.79 Å². The van der Waals surface area contributed by atoms with Gasteiger partial charge in [0, 0.05) is 24.0 Å². The van der Waals surface area contributed by atoms with Crippen molar-refractivity contribution in [3.8, 4) is 0 Å². The number of carboxylic acid groups (broad SMARTS) is 2. The summed E-state index contributed by atoms with van der Waals surface area (Å²) in [5.74, 6) is -3.37. The summed E-state index contributed by atoms with van der Waals surface area (Å²) >= 11 is 0. The first-order valence-corrected chi connectivity index (χ1v) is 8.02. The summed E-state index contributed by atoms with van der Waals surface area (Å²) in [5.41, 5.74) is 0.469. The van der Waals surface area contributed by atoms with Gasteiger partial charge in [-0.15, -0.1) is 0 Å². The molecule has 24 heavy (non-hydrogen) atoms. The highest BCUT2D eigenvalue weighted by Gasteiger charge is 2.21. The summed E-state index contributed by atoms with van der Waals surface area (Å²) in [6.07, 6.45) is 1.29. The SMILES string of the molecule is CC(C)CC[C@H](C(=O)[O-])[C@@H](C)CC(=O)Nc1ccc(C(=O)[O-])cc1. The van der Waals surface area contributed by atoms with Gasteiger partial charge in [-0.05, 0) is 36.0 Å². The quantitative estimate of drug-likeness (QED) is 0.719. The van der Waals surface area contributed by atoms with Crippen LogP contribution in [0.3, 0.4) is 0 Å². The van der Waals surface area contributed by atoms with Crippen molar-refractivity contribution in [2.75, 3.05) is 5.32 Å². The molecule has 0 saturated heterocycles. The number of hydrogen-bond acceptors (Lipinski definition) is 5. The van der Waals surface area contributed by atoms with E-state index in [2.05, 4.69) is 5.32 Å². The zero-order valence-corrected chi connectivity index (χ0v) is 14.2. The minimum absolute atomic E-state index is 0.0204. The number of hydrogen-bond donors (Lipinski definition) is 1. The molecule has 0 aliphatic carbocycles. The molecule has 0 fully saturated rings. The Bertz CT molecular complexity index is 580. The Morgan fingerprint density at radius 2 is 1.58 bits per heavy atom. The van der Waals surface area contributed by atoms with E-state index < -0.39 is 17.9 Å². The molecular weight excluding hydrogens is 310 g/mol. The lowest BCUT2D eigenvalue weighted by atomic mass is 9.85. The predicted molar refractivity (Wildman–Crippen MR) is 85.8 cm³/mol. The number of aromatic carboxylic acids is 1. The molecule has 1 amide bonds. The zero-order valence-electron chi connectivity index (χ0n) is 14.2. The Hall–Kier alpha value is -2.37. The molecule has 0 saturated carbocycles. The van der Waals surface area contributed by atoms with Crippen molar-refractivity contribution in [2.24, 2.45) is 17.8 Å². The van der Waals surface area contributed by atoms with Crippen molar-refractivity contribution < 1.29 is 24.6 Å². The molecule has 1 aromatic carbocycles. The second-order valence-corrected chi connectivity index (χ2v) is 6.49. The van der Waals surface area contributed by atoms with Crippen LogP contribution in [0.2, 0.25) is 0 Å². The van der Waals surface area contributed by atoms with Gasteiger partial charge in [0.05, 0.1) is 5.97 Å². The predicted octanol–water partition coefficient (Wildman–Crippen LogP) is 0.817. The Balaban J connectivity index is 2.61. The number of nitrogens with one attached hydrogen (secondary N) is 1. The first kappa shape index (κ1) is 19.7. The molecule has 0 aromatic heterocycles. The van der Waals surface area contributed by atoms with Crippen molar-refractivity contribution in [1.82, 2.24) is 0 Å². The molecule has 0 spiro atoms. The van der Waals surface area contributed by atoms with Crippen LogP contribution in [0.5, 0.6) is 0 Å². The average Bonchev–Trinajstić information content (AvgIpc) is 2.46. The third kappa shape index (κ3) is 6.40. The van der Waals surface area contributed by atoms with Crippen LogP contribution in [0, 0.1) is 17.8 Å². The van der Waals surface area contributed by atoms with E-state index in [1.54, 1.807) is 6.92 Å².